The quantitative estimate of drug-likeness (QED) is 0.615. The maximum absolute atomic E-state index is 13.8. The molecular weight excluding hydrogens is 421 g/mol. The van der Waals surface area contributed by atoms with E-state index >= 15 is 0 Å². The summed E-state index contributed by atoms with van der Waals surface area (Å²) in [6.07, 6.45) is 0.614. The lowest BCUT2D eigenvalue weighted by Gasteiger charge is -2.32. The monoisotopic (exact) mass is 441 g/mol. The molecule has 4 rings (SSSR count). The molecule has 0 bridgehead atoms. The molecule has 2 aromatic carbocycles. The van der Waals surface area contributed by atoms with Gasteiger partial charge < -0.3 is 15.4 Å². The summed E-state index contributed by atoms with van der Waals surface area (Å²) in [5, 5.41) is 0.992. The Morgan fingerprint density at radius 1 is 1.17 bits per heavy atom. The number of para-hydroxylation sites is 2. The van der Waals surface area contributed by atoms with Crippen LogP contribution in [0.1, 0.15) is 27.3 Å². The SMILES string of the molecule is COc1ccccc1N1CCc2nc(C)c(CN)c(-c3ccc(Cl)cc3Cl)c2C1=O. The number of nitrogens with two attached hydrogens (primary N) is 1. The fourth-order valence-electron chi connectivity index (χ4n) is 3.99. The van der Waals surface area contributed by atoms with Gasteiger partial charge in [0, 0.05) is 46.4 Å². The number of halogens is 2. The van der Waals surface area contributed by atoms with E-state index in [2.05, 4.69) is 0 Å². The number of ether oxygens (including phenoxy) is 1. The van der Waals surface area contributed by atoms with E-state index in [1.165, 1.54) is 0 Å². The van der Waals surface area contributed by atoms with Gasteiger partial charge in [0.2, 0.25) is 0 Å². The third-order valence-corrected chi connectivity index (χ3v) is 5.94. The van der Waals surface area contributed by atoms with Crippen LogP contribution in [0.2, 0.25) is 10.0 Å². The Bertz CT molecular complexity index is 1150. The summed E-state index contributed by atoms with van der Waals surface area (Å²) in [6.45, 7) is 2.66. The maximum atomic E-state index is 13.8. The number of benzene rings is 2. The third kappa shape index (κ3) is 3.43. The van der Waals surface area contributed by atoms with Gasteiger partial charge in [-0.3, -0.25) is 9.78 Å². The van der Waals surface area contributed by atoms with Gasteiger partial charge in [-0.05, 0) is 36.8 Å². The highest BCUT2D eigenvalue weighted by molar-refractivity contribution is 6.36. The number of methoxy groups -OCH3 is 1. The molecule has 0 atom stereocenters. The number of carbonyl (C=O) groups is 1. The van der Waals surface area contributed by atoms with Crippen LogP contribution in [0.4, 0.5) is 5.69 Å². The number of pyridine rings is 1. The van der Waals surface area contributed by atoms with E-state index in [-0.39, 0.29) is 12.5 Å². The maximum Gasteiger partial charge on any atom is 0.260 e. The number of carbonyl (C=O) groups excluding carboxylic acids is 1. The lowest BCUT2D eigenvalue weighted by atomic mass is 9.89. The zero-order valence-electron chi connectivity index (χ0n) is 16.7. The van der Waals surface area contributed by atoms with Crippen molar-refractivity contribution in [2.45, 2.75) is 19.9 Å². The molecule has 0 unspecified atom stereocenters. The van der Waals surface area contributed by atoms with Gasteiger partial charge in [0.05, 0.1) is 24.1 Å². The molecule has 154 valence electrons. The van der Waals surface area contributed by atoms with Crippen LogP contribution in [-0.4, -0.2) is 24.5 Å². The highest BCUT2D eigenvalue weighted by atomic mass is 35.5. The van der Waals surface area contributed by atoms with E-state index < -0.39 is 0 Å². The molecule has 2 N–H and O–H groups in total. The first-order valence-electron chi connectivity index (χ1n) is 9.59. The molecular formula is C23H21Cl2N3O2. The van der Waals surface area contributed by atoms with Crippen LogP contribution in [0.5, 0.6) is 5.75 Å². The lowest BCUT2D eigenvalue weighted by Crippen LogP contribution is -2.39. The summed E-state index contributed by atoms with van der Waals surface area (Å²) < 4.78 is 5.48. The minimum Gasteiger partial charge on any atom is -0.495 e. The number of hydrogen-bond donors (Lipinski definition) is 1. The molecule has 3 aromatic rings. The van der Waals surface area contributed by atoms with E-state index in [4.69, 9.17) is 38.7 Å². The molecule has 1 aromatic heterocycles. The number of aromatic nitrogens is 1. The fourth-order valence-corrected chi connectivity index (χ4v) is 4.49. The van der Waals surface area contributed by atoms with Gasteiger partial charge in [0.1, 0.15) is 5.75 Å². The molecule has 7 heteroatoms. The predicted octanol–water partition coefficient (Wildman–Crippen LogP) is 5.03. The molecule has 30 heavy (non-hydrogen) atoms. The second-order valence-electron chi connectivity index (χ2n) is 7.08. The number of nitrogens with zero attached hydrogens (tertiary/aromatic N) is 2. The summed E-state index contributed by atoms with van der Waals surface area (Å²) in [7, 11) is 1.59. The number of aryl methyl sites for hydroxylation is 1. The molecule has 2 heterocycles. The average Bonchev–Trinajstić information content (AvgIpc) is 2.73. The molecule has 1 aliphatic heterocycles. The Balaban J connectivity index is 1.96. The number of rotatable bonds is 4. The molecule has 0 aliphatic carbocycles. The molecule has 0 fully saturated rings. The third-order valence-electron chi connectivity index (χ3n) is 5.39. The van der Waals surface area contributed by atoms with Gasteiger partial charge in [-0.15, -0.1) is 0 Å². The minimum absolute atomic E-state index is 0.149. The first-order valence-corrected chi connectivity index (χ1v) is 10.3. The summed E-state index contributed by atoms with van der Waals surface area (Å²) in [5.41, 5.74) is 11.1. The van der Waals surface area contributed by atoms with Crippen LogP contribution < -0.4 is 15.4 Å². The van der Waals surface area contributed by atoms with Gasteiger partial charge in [0.25, 0.3) is 5.91 Å². The highest BCUT2D eigenvalue weighted by Gasteiger charge is 2.33. The first kappa shape index (κ1) is 20.7. The molecule has 0 saturated carbocycles. The number of fused-ring (bicyclic) bond motifs is 1. The second-order valence-corrected chi connectivity index (χ2v) is 7.92. The molecule has 1 amide bonds. The number of amides is 1. The van der Waals surface area contributed by atoms with Gasteiger partial charge in [-0.1, -0.05) is 41.4 Å². The second kappa shape index (κ2) is 8.26. The van der Waals surface area contributed by atoms with E-state index in [9.17, 15) is 4.79 Å². The van der Waals surface area contributed by atoms with Crippen LogP contribution in [0.15, 0.2) is 42.5 Å². The van der Waals surface area contributed by atoms with Gasteiger partial charge in [-0.25, -0.2) is 0 Å². The van der Waals surface area contributed by atoms with Gasteiger partial charge in [0.15, 0.2) is 0 Å². The lowest BCUT2D eigenvalue weighted by molar-refractivity contribution is 0.0979. The molecule has 0 saturated heterocycles. The minimum atomic E-state index is -0.149. The average molecular weight is 442 g/mol. The van der Waals surface area contributed by atoms with Crippen LogP contribution in [-0.2, 0) is 13.0 Å². The standard InChI is InChI=1S/C23H21Cl2N3O2/c1-13-16(12-26)21(15-8-7-14(24)11-17(15)25)22-18(27-13)9-10-28(23(22)29)19-5-3-4-6-20(19)30-2/h3-8,11H,9-10,12,26H2,1-2H3. The Kier molecular flexibility index (Phi) is 5.69. The smallest absolute Gasteiger partial charge is 0.260 e. The summed E-state index contributed by atoms with van der Waals surface area (Å²) in [6, 6.07) is 12.7. The van der Waals surface area contributed by atoms with Crippen LogP contribution >= 0.6 is 23.2 Å². The molecule has 0 spiro atoms. The Morgan fingerprint density at radius 3 is 2.63 bits per heavy atom. The normalized spacial score (nSPS) is 13.4. The van der Waals surface area contributed by atoms with Crippen molar-refractivity contribution in [1.82, 2.24) is 4.98 Å². The first-order chi connectivity index (χ1) is 14.5. The molecule has 1 aliphatic rings. The van der Waals surface area contributed by atoms with Crippen LogP contribution in [0.25, 0.3) is 11.1 Å². The van der Waals surface area contributed by atoms with Crippen molar-refractivity contribution in [3.05, 3.63) is 75.0 Å². The van der Waals surface area contributed by atoms with E-state index in [1.54, 1.807) is 24.1 Å². The Morgan fingerprint density at radius 2 is 1.93 bits per heavy atom. The molecule has 0 radical (unpaired) electrons. The largest absolute Gasteiger partial charge is 0.495 e. The van der Waals surface area contributed by atoms with Gasteiger partial charge in [-0.2, -0.15) is 0 Å². The highest BCUT2D eigenvalue weighted by Crippen LogP contribution is 2.40. The number of anilines is 1. The number of hydrogen-bond acceptors (Lipinski definition) is 4. The van der Waals surface area contributed by atoms with Crippen molar-refractivity contribution in [3.63, 3.8) is 0 Å². The van der Waals surface area contributed by atoms with Crippen molar-refractivity contribution >= 4 is 34.8 Å². The van der Waals surface area contributed by atoms with Gasteiger partial charge >= 0.3 is 0 Å². The van der Waals surface area contributed by atoms with E-state index in [1.807, 2.05) is 37.3 Å². The van der Waals surface area contributed by atoms with Crippen molar-refractivity contribution in [1.29, 1.82) is 0 Å². The van der Waals surface area contributed by atoms with E-state index in [0.717, 1.165) is 33.8 Å². The molecule has 5 nitrogen and oxygen atoms in total. The van der Waals surface area contributed by atoms with Crippen molar-refractivity contribution in [2.75, 3.05) is 18.6 Å². The Labute approximate surface area is 185 Å². The van der Waals surface area contributed by atoms with E-state index in [0.29, 0.717) is 34.3 Å². The zero-order chi connectivity index (χ0) is 21.4. The van der Waals surface area contributed by atoms with Crippen molar-refractivity contribution in [3.8, 4) is 16.9 Å². The predicted molar refractivity (Wildman–Crippen MR) is 121 cm³/mol. The summed E-state index contributed by atoms with van der Waals surface area (Å²) >= 11 is 12.7. The van der Waals surface area contributed by atoms with Crippen molar-refractivity contribution in [2.24, 2.45) is 5.73 Å². The zero-order valence-corrected chi connectivity index (χ0v) is 18.2. The summed E-state index contributed by atoms with van der Waals surface area (Å²) in [4.78, 5) is 20.2. The fraction of sp³-hybridized carbons (Fsp3) is 0.217. The topological polar surface area (TPSA) is 68.4 Å². The van der Waals surface area contributed by atoms with Crippen molar-refractivity contribution < 1.29 is 9.53 Å². The van der Waals surface area contributed by atoms with Crippen LogP contribution in [0, 0.1) is 6.92 Å². The summed E-state index contributed by atoms with van der Waals surface area (Å²) in [5.74, 6) is 0.489. The Hall–Kier alpha value is -2.60. The van der Waals surface area contributed by atoms with Crippen LogP contribution in [0.3, 0.4) is 0 Å².